The molecule has 0 saturated heterocycles. The number of nitrogens with one attached hydrogen (secondary N) is 3. The molecule has 0 aliphatic carbocycles. The molecular formula is C21H35N5O12. The minimum atomic E-state index is -1.89. The first kappa shape index (κ1) is 34.3. The molecule has 9 N–H and O–H groups in total. The van der Waals surface area contributed by atoms with Crippen molar-refractivity contribution in [1.29, 1.82) is 0 Å². The average molecular weight is 550 g/mol. The highest BCUT2D eigenvalue weighted by Gasteiger charge is 2.35. The van der Waals surface area contributed by atoms with Crippen molar-refractivity contribution in [3.05, 3.63) is 0 Å². The monoisotopic (exact) mass is 549 g/mol. The van der Waals surface area contributed by atoms with Crippen molar-refractivity contribution in [1.82, 2.24) is 20.9 Å². The Morgan fingerprint density at radius 1 is 1.05 bits per heavy atom. The van der Waals surface area contributed by atoms with Gasteiger partial charge in [-0.1, -0.05) is 6.92 Å². The van der Waals surface area contributed by atoms with E-state index in [1.54, 1.807) is 0 Å². The number of rotatable bonds is 17. The van der Waals surface area contributed by atoms with Gasteiger partial charge < -0.3 is 51.6 Å². The minimum absolute atomic E-state index is 0.0282. The summed E-state index contributed by atoms with van der Waals surface area (Å²) in [5, 5.41) is 44.5. The second kappa shape index (κ2) is 17.0. The lowest BCUT2D eigenvalue weighted by Crippen LogP contribution is -2.56. The largest absolute Gasteiger partial charge is 0.465 e. The second-order valence-electron chi connectivity index (χ2n) is 8.13. The lowest BCUT2D eigenvalue weighted by molar-refractivity contribution is -0.146. The van der Waals surface area contributed by atoms with E-state index < -0.39 is 91.7 Å². The Labute approximate surface area is 217 Å². The van der Waals surface area contributed by atoms with Gasteiger partial charge in [0.25, 0.3) is 0 Å². The van der Waals surface area contributed by atoms with Gasteiger partial charge in [-0.2, -0.15) is 0 Å². The Morgan fingerprint density at radius 2 is 1.66 bits per heavy atom. The summed E-state index contributed by atoms with van der Waals surface area (Å²) in [6, 6.07) is -4.14. The molecule has 0 aromatic carbocycles. The molecule has 2 unspecified atom stereocenters. The number of amides is 6. The number of hydrogen-bond acceptors (Lipinski definition) is 11. The summed E-state index contributed by atoms with van der Waals surface area (Å²) in [6.45, 7) is 0.934. The number of hydrogen-bond donors (Lipinski definition) is 8. The first-order valence-corrected chi connectivity index (χ1v) is 11.4. The molecule has 0 aliphatic rings. The summed E-state index contributed by atoms with van der Waals surface area (Å²) >= 11 is 0. The number of nitrogens with zero attached hydrogens (tertiary/aromatic N) is 1. The van der Waals surface area contributed by atoms with Crippen LogP contribution in [0.15, 0.2) is 0 Å². The highest BCUT2D eigenvalue weighted by atomic mass is 16.5. The Hall–Kier alpha value is -3.67. The maximum atomic E-state index is 12.4. The summed E-state index contributed by atoms with van der Waals surface area (Å²) in [5.74, 6) is -4.29. The Kier molecular flexibility index (Phi) is 15.3. The number of carbonyl (C=O) groups is 7. The van der Waals surface area contributed by atoms with E-state index in [-0.39, 0.29) is 19.1 Å². The zero-order valence-electron chi connectivity index (χ0n) is 21.2. The number of carbonyl (C=O) groups excluding carboxylic acids is 6. The number of carboxylic acid groups (broad SMARTS) is 1. The molecule has 6 amide bonds. The van der Waals surface area contributed by atoms with Crippen molar-refractivity contribution < 1.29 is 58.7 Å². The number of nitrogens with two attached hydrogens (primary N) is 1. The van der Waals surface area contributed by atoms with Gasteiger partial charge >= 0.3 is 6.09 Å². The summed E-state index contributed by atoms with van der Waals surface area (Å²) in [4.78, 5) is 82.5. The van der Waals surface area contributed by atoms with Crippen LogP contribution < -0.4 is 21.7 Å². The van der Waals surface area contributed by atoms with Gasteiger partial charge in [-0.15, -0.1) is 0 Å². The van der Waals surface area contributed by atoms with Crippen LogP contribution in [0, 0.1) is 0 Å². The number of aliphatic hydroxyl groups excluding tert-OH is 3. The van der Waals surface area contributed by atoms with Crippen LogP contribution in [0.3, 0.4) is 0 Å². The normalized spacial score (nSPS) is 15.5. The molecule has 38 heavy (non-hydrogen) atoms. The topological polar surface area (TPSA) is 275 Å². The smallest absolute Gasteiger partial charge is 0.413 e. The van der Waals surface area contributed by atoms with Gasteiger partial charge in [0, 0.05) is 19.9 Å². The van der Waals surface area contributed by atoms with Gasteiger partial charge in [-0.3, -0.25) is 28.9 Å². The number of aldehydes is 1. The Bertz CT molecular complexity index is 870. The fourth-order valence-electron chi connectivity index (χ4n) is 2.87. The van der Waals surface area contributed by atoms with E-state index in [0.29, 0.717) is 4.90 Å². The van der Waals surface area contributed by atoms with E-state index in [1.165, 1.54) is 13.8 Å². The van der Waals surface area contributed by atoms with Crippen LogP contribution in [0.4, 0.5) is 4.79 Å². The van der Waals surface area contributed by atoms with Crippen molar-refractivity contribution in [2.24, 2.45) is 5.73 Å². The third-order valence-corrected chi connectivity index (χ3v) is 5.21. The summed E-state index contributed by atoms with van der Waals surface area (Å²) < 4.78 is 5.22. The van der Waals surface area contributed by atoms with Gasteiger partial charge in [0.2, 0.25) is 29.5 Å². The molecule has 0 saturated carbocycles. The maximum absolute atomic E-state index is 12.4. The van der Waals surface area contributed by atoms with Crippen LogP contribution in [0.1, 0.15) is 33.1 Å². The van der Waals surface area contributed by atoms with Gasteiger partial charge in [-0.25, -0.2) is 4.79 Å². The quantitative estimate of drug-likeness (QED) is 0.0798. The summed E-state index contributed by atoms with van der Waals surface area (Å²) in [6.07, 6.45) is -7.39. The van der Waals surface area contributed by atoms with Crippen LogP contribution in [-0.4, -0.2) is 124 Å². The molecule has 216 valence electrons. The number of primary amides is 1. The molecule has 0 spiro atoms. The van der Waals surface area contributed by atoms with Crippen LogP contribution in [0.2, 0.25) is 0 Å². The van der Waals surface area contributed by atoms with Gasteiger partial charge in [0.15, 0.2) is 0 Å². The maximum Gasteiger partial charge on any atom is 0.413 e. The van der Waals surface area contributed by atoms with Crippen molar-refractivity contribution in [2.75, 3.05) is 20.3 Å². The van der Waals surface area contributed by atoms with Gasteiger partial charge in [0.05, 0.1) is 6.61 Å². The lowest BCUT2D eigenvalue weighted by Gasteiger charge is -2.30. The molecule has 0 fully saturated rings. The zero-order chi connectivity index (χ0) is 29.6. The van der Waals surface area contributed by atoms with Crippen molar-refractivity contribution in [3.63, 3.8) is 0 Å². The average Bonchev–Trinajstić information content (AvgIpc) is 2.87. The van der Waals surface area contributed by atoms with E-state index in [0.717, 1.165) is 7.05 Å². The van der Waals surface area contributed by atoms with Gasteiger partial charge in [0.1, 0.15) is 49.3 Å². The van der Waals surface area contributed by atoms with E-state index >= 15 is 0 Å². The molecular weight excluding hydrogens is 514 g/mol. The number of imide groups is 1. The first-order chi connectivity index (χ1) is 17.7. The third kappa shape index (κ3) is 11.6. The van der Waals surface area contributed by atoms with E-state index in [4.69, 9.17) is 20.7 Å². The second-order valence-corrected chi connectivity index (χ2v) is 8.13. The fourth-order valence-corrected chi connectivity index (χ4v) is 2.87. The Morgan fingerprint density at radius 3 is 2.13 bits per heavy atom. The molecule has 0 aliphatic heterocycles. The molecule has 0 rings (SSSR count). The molecule has 0 heterocycles. The lowest BCUT2D eigenvalue weighted by atomic mass is 10.0. The predicted molar refractivity (Wildman–Crippen MR) is 126 cm³/mol. The first-order valence-electron chi connectivity index (χ1n) is 11.4. The molecule has 17 heteroatoms. The molecule has 0 aromatic rings. The SMILES string of the molecule is CCC(=O)N[C@@H](C=O)[C@@H](OCC(=O)NC(C)C(=O)NC(CCC(=O)N(C)C(=O)O)C(N)=O)[C@H](O)[C@H](O)CO. The van der Waals surface area contributed by atoms with Gasteiger partial charge in [-0.05, 0) is 13.3 Å². The standard InChI is InChI=1S/C21H35N5O12/c1-4-14(30)24-12(7-27)18(17(33)13(29)8-28)38-9-15(31)23-10(2)20(35)25-11(19(22)34)5-6-16(32)26(3)21(36)37/h7,10-13,17-18,28-29,33H,4-6,8-9H2,1-3H3,(H2,22,34)(H,23,31)(H,24,30)(H,25,35)(H,36,37)/t10?,11?,12-,13+,17+,18+/m0/s1. The van der Waals surface area contributed by atoms with E-state index in [9.17, 15) is 43.8 Å². The highest BCUT2D eigenvalue weighted by Crippen LogP contribution is 2.10. The summed E-state index contributed by atoms with van der Waals surface area (Å²) in [7, 11) is 1.01. The van der Waals surface area contributed by atoms with E-state index in [2.05, 4.69) is 16.0 Å². The fraction of sp³-hybridized carbons (Fsp3) is 0.667. The van der Waals surface area contributed by atoms with Crippen LogP contribution in [0.5, 0.6) is 0 Å². The molecule has 0 radical (unpaired) electrons. The molecule has 6 atom stereocenters. The predicted octanol–water partition coefficient (Wildman–Crippen LogP) is -4.43. The Balaban J connectivity index is 5.16. The van der Waals surface area contributed by atoms with Crippen LogP contribution in [-0.2, 0) is 33.5 Å². The molecule has 17 nitrogen and oxygen atoms in total. The zero-order valence-corrected chi connectivity index (χ0v) is 21.2. The van der Waals surface area contributed by atoms with Crippen LogP contribution >= 0.6 is 0 Å². The summed E-state index contributed by atoms with van der Waals surface area (Å²) in [5.41, 5.74) is 5.22. The van der Waals surface area contributed by atoms with Crippen LogP contribution in [0.25, 0.3) is 0 Å². The number of ether oxygens (including phenoxy) is 1. The van der Waals surface area contributed by atoms with Crippen molar-refractivity contribution >= 4 is 41.9 Å². The molecule has 0 aromatic heterocycles. The van der Waals surface area contributed by atoms with Crippen molar-refractivity contribution in [2.45, 2.75) is 69.5 Å². The molecule has 0 bridgehead atoms. The number of aliphatic hydroxyl groups is 3. The van der Waals surface area contributed by atoms with Crippen molar-refractivity contribution in [3.8, 4) is 0 Å². The highest BCUT2D eigenvalue weighted by molar-refractivity contribution is 5.93. The third-order valence-electron chi connectivity index (χ3n) is 5.21. The minimum Gasteiger partial charge on any atom is -0.465 e. The van der Waals surface area contributed by atoms with E-state index in [1.807, 2.05) is 0 Å².